The van der Waals surface area contributed by atoms with Crippen molar-refractivity contribution >= 4 is 11.8 Å². The van der Waals surface area contributed by atoms with Crippen molar-refractivity contribution < 1.29 is 0 Å². The van der Waals surface area contributed by atoms with E-state index in [2.05, 4.69) is 27.1 Å². The van der Waals surface area contributed by atoms with E-state index >= 15 is 0 Å². The quantitative estimate of drug-likeness (QED) is 0.743. The zero-order chi connectivity index (χ0) is 9.97. The summed E-state index contributed by atoms with van der Waals surface area (Å²) < 4.78 is 2.11. The molecule has 2 heterocycles. The Bertz CT molecular complexity index is 304. The largest absolute Gasteiger partial charge is 0.316 e. The lowest BCUT2D eigenvalue weighted by Gasteiger charge is -2.21. The van der Waals surface area contributed by atoms with Gasteiger partial charge in [-0.25, -0.2) is 0 Å². The first-order valence-corrected chi connectivity index (χ1v) is 6.19. The minimum Gasteiger partial charge on any atom is -0.316 e. The highest BCUT2D eigenvalue weighted by Gasteiger charge is 2.20. The van der Waals surface area contributed by atoms with Crippen LogP contribution in [-0.2, 0) is 7.05 Å². The van der Waals surface area contributed by atoms with Gasteiger partial charge < -0.3 is 9.88 Å². The van der Waals surface area contributed by atoms with Crippen molar-refractivity contribution in [1.82, 2.24) is 20.1 Å². The number of hydrogen-bond donors (Lipinski definition) is 1. The third kappa shape index (κ3) is 1.79. The number of nitrogens with one attached hydrogen (secondary N) is 1. The molecule has 78 valence electrons. The molecular formula is C9H16N4S. The van der Waals surface area contributed by atoms with Crippen LogP contribution in [0.2, 0.25) is 0 Å². The fraction of sp³-hybridized carbons (Fsp3) is 0.778. The highest BCUT2D eigenvalue weighted by atomic mass is 32.2. The van der Waals surface area contributed by atoms with E-state index in [-0.39, 0.29) is 0 Å². The molecule has 5 heteroatoms. The van der Waals surface area contributed by atoms with Crippen LogP contribution < -0.4 is 5.32 Å². The third-order valence-electron chi connectivity index (χ3n) is 2.71. The van der Waals surface area contributed by atoms with Crippen LogP contribution in [0, 0.1) is 0 Å². The summed E-state index contributed by atoms with van der Waals surface area (Å²) in [6.45, 7) is 2.18. The van der Waals surface area contributed by atoms with E-state index in [0.717, 1.165) is 24.1 Å². The lowest BCUT2D eigenvalue weighted by molar-refractivity contribution is 0.436. The molecule has 1 N–H and O–H groups in total. The zero-order valence-corrected chi connectivity index (χ0v) is 9.47. The van der Waals surface area contributed by atoms with Crippen LogP contribution in [0.1, 0.15) is 24.6 Å². The van der Waals surface area contributed by atoms with Crippen molar-refractivity contribution in [1.29, 1.82) is 0 Å². The standard InChI is InChI=1S/C9H16N4S/c1-13-8(11-12-9(13)14-2)7-4-3-5-10-6-7/h7,10H,3-6H2,1-2H3/t7-/m0/s1. The summed E-state index contributed by atoms with van der Waals surface area (Å²) in [7, 11) is 2.05. The van der Waals surface area contributed by atoms with Crippen LogP contribution in [0.4, 0.5) is 0 Å². The second-order valence-corrected chi connectivity index (χ2v) is 4.42. The summed E-state index contributed by atoms with van der Waals surface area (Å²) in [4.78, 5) is 0. The van der Waals surface area contributed by atoms with Crippen molar-refractivity contribution in [3.8, 4) is 0 Å². The number of thioether (sulfide) groups is 1. The van der Waals surface area contributed by atoms with Crippen molar-refractivity contribution in [2.75, 3.05) is 19.3 Å². The monoisotopic (exact) mass is 212 g/mol. The molecule has 14 heavy (non-hydrogen) atoms. The summed E-state index contributed by atoms with van der Waals surface area (Å²) in [6, 6.07) is 0. The van der Waals surface area contributed by atoms with Crippen LogP contribution in [-0.4, -0.2) is 34.1 Å². The van der Waals surface area contributed by atoms with Gasteiger partial charge in [-0.1, -0.05) is 11.8 Å². The minimum absolute atomic E-state index is 0.544. The van der Waals surface area contributed by atoms with E-state index in [9.17, 15) is 0 Å². The van der Waals surface area contributed by atoms with E-state index in [1.807, 2.05) is 6.26 Å². The average Bonchev–Trinajstić information content (AvgIpc) is 2.61. The van der Waals surface area contributed by atoms with Gasteiger partial charge in [-0.3, -0.25) is 0 Å². The predicted molar refractivity (Wildman–Crippen MR) is 57.6 cm³/mol. The third-order valence-corrected chi connectivity index (χ3v) is 3.43. The van der Waals surface area contributed by atoms with Crippen molar-refractivity contribution in [2.45, 2.75) is 23.9 Å². The molecule has 0 bridgehead atoms. The molecule has 1 atom stereocenters. The molecule has 1 aromatic rings. The second-order valence-electron chi connectivity index (χ2n) is 3.65. The Labute approximate surface area is 88.5 Å². The van der Waals surface area contributed by atoms with Crippen LogP contribution in [0.3, 0.4) is 0 Å². The van der Waals surface area contributed by atoms with Crippen molar-refractivity contribution in [3.63, 3.8) is 0 Å². The molecule has 1 aromatic heterocycles. The first kappa shape index (κ1) is 9.98. The predicted octanol–water partition coefficient (Wildman–Crippen LogP) is 1.00. The molecule has 0 amide bonds. The van der Waals surface area contributed by atoms with Crippen LogP contribution in [0.5, 0.6) is 0 Å². The topological polar surface area (TPSA) is 42.7 Å². The Hall–Kier alpha value is -0.550. The summed E-state index contributed by atoms with van der Waals surface area (Å²) >= 11 is 1.65. The fourth-order valence-corrected chi connectivity index (χ4v) is 2.42. The van der Waals surface area contributed by atoms with E-state index in [4.69, 9.17) is 0 Å². The van der Waals surface area contributed by atoms with Gasteiger partial charge >= 0.3 is 0 Å². The first-order valence-electron chi connectivity index (χ1n) is 4.97. The van der Waals surface area contributed by atoms with Gasteiger partial charge in [0.2, 0.25) is 0 Å². The maximum absolute atomic E-state index is 4.26. The lowest BCUT2D eigenvalue weighted by atomic mass is 9.99. The average molecular weight is 212 g/mol. The minimum atomic E-state index is 0.544. The number of aromatic nitrogens is 3. The van der Waals surface area contributed by atoms with E-state index < -0.39 is 0 Å². The molecule has 0 aliphatic carbocycles. The number of nitrogens with zero attached hydrogens (tertiary/aromatic N) is 3. The summed E-state index contributed by atoms with van der Waals surface area (Å²) in [5, 5.41) is 12.8. The lowest BCUT2D eigenvalue weighted by Crippen LogP contribution is -2.29. The van der Waals surface area contributed by atoms with Gasteiger partial charge in [0, 0.05) is 19.5 Å². The normalized spacial score (nSPS) is 22.6. The number of hydrogen-bond acceptors (Lipinski definition) is 4. The number of piperidine rings is 1. The van der Waals surface area contributed by atoms with Crippen LogP contribution in [0.25, 0.3) is 0 Å². The molecule has 2 rings (SSSR count). The molecule has 1 aliphatic heterocycles. The Morgan fingerprint density at radius 3 is 2.93 bits per heavy atom. The summed E-state index contributed by atoms with van der Waals surface area (Å²) in [5.74, 6) is 1.67. The van der Waals surface area contributed by atoms with Gasteiger partial charge in [0.05, 0.1) is 0 Å². The smallest absolute Gasteiger partial charge is 0.190 e. The van der Waals surface area contributed by atoms with Crippen LogP contribution in [0.15, 0.2) is 5.16 Å². The maximum Gasteiger partial charge on any atom is 0.190 e. The molecule has 0 unspecified atom stereocenters. The zero-order valence-electron chi connectivity index (χ0n) is 8.66. The molecule has 0 spiro atoms. The Morgan fingerprint density at radius 2 is 2.36 bits per heavy atom. The van der Waals surface area contributed by atoms with Crippen molar-refractivity contribution in [2.24, 2.45) is 7.05 Å². The Morgan fingerprint density at radius 1 is 1.50 bits per heavy atom. The van der Waals surface area contributed by atoms with E-state index in [1.165, 1.54) is 12.8 Å². The van der Waals surface area contributed by atoms with E-state index in [1.54, 1.807) is 11.8 Å². The van der Waals surface area contributed by atoms with Gasteiger partial charge in [-0.2, -0.15) is 0 Å². The maximum atomic E-state index is 4.26. The summed E-state index contributed by atoms with van der Waals surface area (Å²) in [5.41, 5.74) is 0. The Kier molecular flexibility index (Phi) is 3.08. The van der Waals surface area contributed by atoms with Gasteiger partial charge in [0.15, 0.2) is 5.16 Å². The molecule has 1 fully saturated rings. The molecule has 0 aromatic carbocycles. The summed E-state index contributed by atoms with van der Waals surface area (Å²) in [6.07, 6.45) is 4.51. The molecule has 0 saturated carbocycles. The van der Waals surface area contributed by atoms with Gasteiger partial charge in [-0.05, 0) is 25.6 Å². The van der Waals surface area contributed by atoms with Crippen molar-refractivity contribution in [3.05, 3.63) is 5.82 Å². The Balaban J connectivity index is 2.18. The fourth-order valence-electron chi connectivity index (χ4n) is 1.93. The first-order chi connectivity index (χ1) is 6.83. The van der Waals surface area contributed by atoms with E-state index in [0.29, 0.717) is 5.92 Å². The highest BCUT2D eigenvalue weighted by molar-refractivity contribution is 7.98. The SMILES string of the molecule is CSc1nnc([C@H]2CCCNC2)n1C. The van der Waals surface area contributed by atoms with Gasteiger partial charge in [-0.15, -0.1) is 10.2 Å². The molecule has 1 saturated heterocycles. The van der Waals surface area contributed by atoms with Crippen LogP contribution >= 0.6 is 11.8 Å². The molecular weight excluding hydrogens is 196 g/mol. The molecule has 0 radical (unpaired) electrons. The van der Waals surface area contributed by atoms with Gasteiger partial charge in [0.25, 0.3) is 0 Å². The van der Waals surface area contributed by atoms with Gasteiger partial charge in [0.1, 0.15) is 5.82 Å². The highest BCUT2D eigenvalue weighted by Crippen LogP contribution is 2.23. The second kappa shape index (κ2) is 4.31. The molecule has 4 nitrogen and oxygen atoms in total. The molecule has 1 aliphatic rings. The number of rotatable bonds is 2.